The van der Waals surface area contributed by atoms with Crippen molar-refractivity contribution in [2.24, 2.45) is 11.7 Å². The maximum absolute atomic E-state index is 5.98. The topological polar surface area (TPSA) is 90.7 Å². The minimum atomic E-state index is -0.104. The molecule has 0 bridgehead atoms. The molecule has 2 N–H and O–H groups in total. The molecule has 0 radical (unpaired) electrons. The Morgan fingerprint density at radius 1 is 1.38 bits per heavy atom. The summed E-state index contributed by atoms with van der Waals surface area (Å²) in [7, 11) is 0. The molecule has 0 spiro atoms. The van der Waals surface area contributed by atoms with Gasteiger partial charge in [-0.25, -0.2) is 0 Å². The van der Waals surface area contributed by atoms with Crippen LogP contribution in [0.2, 0.25) is 0 Å². The second-order valence-corrected chi connectivity index (χ2v) is 3.95. The maximum atomic E-state index is 5.98. The van der Waals surface area contributed by atoms with Gasteiger partial charge in [0, 0.05) is 0 Å². The van der Waals surface area contributed by atoms with Crippen molar-refractivity contribution in [2.45, 2.75) is 18.9 Å². The standard InChI is InChI=1S/C10H11N5O/c11-8(6-1-2-6)9-14-10(16-15-9)7-3-4-12-13-5-7/h3-6,8H,1-2,11H2. The molecule has 1 unspecified atom stereocenters. The average Bonchev–Trinajstić information content (AvgIpc) is 3.07. The Balaban J connectivity index is 1.87. The lowest BCUT2D eigenvalue weighted by Crippen LogP contribution is -2.13. The first-order valence-corrected chi connectivity index (χ1v) is 5.21. The first-order valence-electron chi connectivity index (χ1n) is 5.21. The fourth-order valence-corrected chi connectivity index (χ4v) is 1.57. The Morgan fingerprint density at radius 3 is 2.94 bits per heavy atom. The molecule has 2 aromatic heterocycles. The molecule has 0 aromatic carbocycles. The number of rotatable bonds is 3. The van der Waals surface area contributed by atoms with E-state index in [9.17, 15) is 0 Å². The zero-order valence-electron chi connectivity index (χ0n) is 8.58. The normalized spacial score (nSPS) is 17.3. The highest BCUT2D eigenvalue weighted by Crippen LogP contribution is 2.38. The molecule has 6 nitrogen and oxygen atoms in total. The molecule has 0 saturated heterocycles. The molecule has 1 aliphatic rings. The predicted molar refractivity (Wildman–Crippen MR) is 55.0 cm³/mol. The van der Waals surface area contributed by atoms with Crippen LogP contribution in [0.25, 0.3) is 11.5 Å². The lowest BCUT2D eigenvalue weighted by atomic mass is 10.2. The third-order valence-electron chi connectivity index (χ3n) is 2.70. The van der Waals surface area contributed by atoms with Gasteiger partial charge in [-0.15, -0.1) is 0 Å². The molecule has 3 rings (SSSR count). The molecule has 2 aromatic rings. The van der Waals surface area contributed by atoms with Gasteiger partial charge in [-0.1, -0.05) is 5.16 Å². The number of aromatic nitrogens is 4. The lowest BCUT2D eigenvalue weighted by molar-refractivity contribution is 0.411. The molecule has 2 heterocycles. The molecule has 1 aliphatic carbocycles. The molecule has 6 heteroatoms. The summed E-state index contributed by atoms with van der Waals surface area (Å²) in [5.74, 6) is 1.54. The van der Waals surface area contributed by atoms with Crippen molar-refractivity contribution in [2.75, 3.05) is 0 Å². The Kier molecular flexibility index (Phi) is 2.14. The summed E-state index contributed by atoms with van der Waals surface area (Å²) in [6.45, 7) is 0. The lowest BCUT2D eigenvalue weighted by Gasteiger charge is -2.01. The first-order chi connectivity index (χ1) is 7.84. The summed E-state index contributed by atoms with van der Waals surface area (Å²) in [5.41, 5.74) is 6.74. The largest absolute Gasteiger partial charge is 0.334 e. The van der Waals surface area contributed by atoms with Crippen molar-refractivity contribution in [1.82, 2.24) is 20.3 Å². The highest BCUT2D eigenvalue weighted by molar-refractivity contribution is 5.49. The van der Waals surface area contributed by atoms with Crippen LogP contribution in [0.1, 0.15) is 24.7 Å². The molecule has 0 aliphatic heterocycles. The van der Waals surface area contributed by atoms with Crippen molar-refractivity contribution in [1.29, 1.82) is 0 Å². The second-order valence-electron chi connectivity index (χ2n) is 3.95. The smallest absolute Gasteiger partial charge is 0.259 e. The molecule has 1 fully saturated rings. The molecular weight excluding hydrogens is 206 g/mol. The van der Waals surface area contributed by atoms with Crippen molar-refractivity contribution < 1.29 is 4.52 Å². The quantitative estimate of drug-likeness (QED) is 0.822. The van der Waals surface area contributed by atoms with E-state index in [1.165, 1.54) is 0 Å². The molecule has 16 heavy (non-hydrogen) atoms. The predicted octanol–water partition coefficient (Wildman–Crippen LogP) is 0.936. The van der Waals surface area contributed by atoms with Gasteiger partial charge < -0.3 is 10.3 Å². The highest BCUT2D eigenvalue weighted by atomic mass is 16.5. The van der Waals surface area contributed by atoms with Crippen LogP contribution in [0.5, 0.6) is 0 Å². The first kappa shape index (κ1) is 9.41. The zero-order chi connectivity index (χ0) is 11.0. The Bertz CT molecular complexity index is 479. The van der Waals surface area contributed by atoms with E-state index < -0.39 is 0 Å². The van der Waals surface area contributed by atoms with Crippen molar-refractivity contribution >= 4 is 0 Å². The highest BCUT2D eigenvalue weighted by Gasteiger charge is 2.32. The van der Waals surface area contributed by atoms with Gasteiger partial charge >= 0.3 is 0 Å². The van der Waals surface area contributed by atoms with E-state index >= 15 is 0 Å². The van der Waals surface area contributed by atoms with Crippen LogP contribution in [0.4, 0.5) is 0 Å². The van der Waals surface area contributed by atoms with Crippen LogP contribution < -0.4 is 5.73 Å². The van der Waals surface area contributed by atoms with E-state index in [0.717, 1.165) is 18.4 Å². The fraction of sp³-hybridized carbons (Fsp3) is 0.400. The van der Waals surface area contributed by atoms with Crippen LogP contribution >= 0.6 is 0 Å². The van der Waals surface area contributed by atoms with E-state index in [4.69, 9.17) is 10.3 Å². The summed E-state index contributed by atoms with van der Waals surface area (Å²) in [4.78, 5) is 4.27. The van der Waals surface area contributed by atoms with E-state index in [0.29, 0.717) is 17.6 Å². The Labute approximate surface area is 91.9 Å². The van der Waals surface area contributed by atoms with Crippen molar-refractivity contribution in [3.05, 3.63) is 24.3 Å². The zero-order valence-corrected chi connectivity index (χ0v) is 8.58. The van der Waals surface area contributed by atoms with Gasteiger partial charge in [0.2, 0.25) is 0 Å². The minimum Gasteiger partial charge on any atom is -0.334 e. The van der Waals surface area contributed by atoms with E-state index in [2.05, 4.69) is 20.3 Å². The van der Waals surface area contributed by atoms with E-state index in [1.54, 1.807) is 18.5 Å². The van der Waals surface area contributed by atoms with Crippen LogP contribution in [0.3, 0.4) is 0 Å². The van der Waals surface area contributed by atoms with Gasteiger partial charge in [-0.3, -0.25) is 0 Å². The molecular formula is C10H11N5O. The second kappa shape index (κ2) is 3.64. The average molecular weight is 217 g/mol. The Hall–Kier alpha value is -1.82. The number of hydrogen-bond acceptors (Lipinski definition) is 6. The van der Waals surface area contributed by atoms with Gasteiger partial charge in [0.05, 0.1) is 24.0 Å². The molecule has 1 atom stereocenters. The third-order valence-corrected chi connectivity index (χ3v) is 2.70. The SMILES string of the molecule is NC(c1noc(-c2ccnnc2)n1)C1CC1. The molecule has 0 amide bonds. The van der Waals surface area contributed by atoms with Crippen molar-refractivity contribution in [3.8, 4) is 11.5 Å². The third kappa shape index (κ3) is 1.67. The van der Waals surface area contributed by atoms with E-state index in [-0.39, 0.29) is 6.04 Å². The molecule has 1 saturated carbocycles. The number of hydrogen-bond donors (Lipinski definition) is 1. The summed E-state index contributed by atoms with van der Waals surface area (Å²) in [6, 6.07) is 1.67. The van der Waals surface area contributed by atoms with Crippen LogP contribution in [0.15, 0.2) is 23.0 Å². The minimum absolute atomic E-state index is 0.104. The molecule has 82 valence electrons. The number of nitrogens with two attached hydrogens (primary N) is 1. The van der Waals surface area contributed by atoms with Gasteiger partial charge in [-0.05, 0) is 24.8 Å². The van der Waals surface area contributed by atoms with Crippen LogP contribution in [0, 0.1) is 5.92 Å². The van der Waals surface area contributed by atoms with Gasteiger partial charge in [0.1, 0.15) is 0 Å². The summed E-state index contributed by atoms with van der Waals surface area (Å²) in [5, 5.41) is 11.3. The van der Waals surface area contributed by atoms with Crippen LogP contribution in [-0.2, 0) is 0 Å². The van der Waals surface area contributed by atoms with Crippen molar-refractivity contribution in [3.63, 3.8) is 0 Å². The monoisotopic (exact) mass is 217 g/mol. The summed E-state index contributed by atoms with van der Waals surface area (Å²) >= 11 is 0. The Morgan fingerprint density at radius 2 is 2.25 bits per heavy atom. The maximum Gasteiger partial charge on any atom is 0.259 e. The van der Waals surface area contributed by atoms with Gasteiger partial charge in [0.25, 0.3) is 5.89 Å². The van der Waals surface area contributed by atoms with E-state index in [1.807, 2.05) is 0 Å². The van der Waals surface area contributed by atoms with Gasteiger partial charge in [0.15, 0.2) is 5.82 Å². The van der Waals surface area contributed by atoms with Gasteiger partial charge in [-0.2, -0.15) is 15.2 Å². The summed E-state index contributed by atoms with van der Waals surface area (Å²) in [6.07, 6.45) is 5.48. The number of nitrogens with zero attached hydrogens (tertiary/aromatic N) is 4. The summed E-state index contributed by atoms with van der Waals surface area (Å²) < 4.78 is 5.14. The fourth-order valence-electron chi connectivity index (χ4n) is 1.57. The van der Waals surface area contributed by atoms with Crippen LogP contribution in [-0.4, -0.2) is 20.3 Å².